The molecule has 1 aliphatic carbocycles. The van der Waals surface area contributed by atoms with Crippen LogP contribution in [0, 0.1) is 5.41 Å². The van der Waals surface area contributed by atoms with Crippen LogP contribution >= 0.6 is 0 Å². The van der Waals surface area contributed by atoms with Crippen LogP contribution in [0.1, 0.15) is 60.8 Å². The number of hydrogen-bond donors (Lipinski definition) is 1. The van der Waals surface area contributed by atoms with Gasteiger partial charge in [-0.1, -0.05) is 49.3 Å². The summed E-state index contributed by atoms with van der Waals surface area (Å²) >= 11 is 0. The van der Waals surface area contributed by atoms with Gasteiger partial charge in [0.1, 0.15) is 0 Å². The monoisotopic (exact) mass is 314 g/mol. The second kappa shape index (κ2) is 8.14. The van der Waals surface area contributed by atoms with Crippen molar-refractivity contribution in [3.05, 3.63) is 58.2 Å². The minimum Gasteiger partial charge on any atom is -0.478 e. The van der Waals surface area contributed by atoms with Gasteiger partial charge in [0.2, 0.25) is 0 Å². The second-order valence-corrected chi connectivity index (χ2v) is 7.22. The van der Waals surface area contributed by atoms with Gasteiger partial charge in [0, 0.05) is 6.08 Å². The normalized spacial score (nSPS) is 20.3. The van der Waals surface area contributed by atoms with Gasteiger partial charge in [0.15, 0.2) is 0 Å². The van der Waals surface area contributed by atoms with E-state index < -0.39 is 5.97 Å². The van der Waals surface area contributed by atoms with Crippen molar-refractivity contribution < 1.29 is 9.90 Å². The van der Waals surface area contributed by atoms with Gasteiger partial charge < -0.3 is 5.11 Å². The topological polar surface area (TPSA) is 37.3 Å². The van der Waals surface area contributed by atoms with Crippen molar-refractivity contribution in [2.24, 2.45) is 5.41 Å². The molecule has 0 unspecified atom stereocenters. The number of hydrogen-bond acceptors (Lipinski definition) is 1. The molecule has 0 aromatic carbocycles. The summed E-state index contributed by atoms with van der Waals surface area (Å²) in [6.07, 6.45) is 12.9. The van der Waals surface area contributed by atoms with E-state index in [0.717, 1.165) is 5.57 Å². The van der Waals surface area contributed by atoms with Crippen molar-refractivity contribution in [3.8, 4) is 0 Å². The van der Waals surface area contributed by atoms with Gasteiger partial charge in [0.25, 0.3) is 0 Å². The summed E-state index contributed by atoms with van der Waals surface area (Å²) in [4.78, 5) is 10.6. The van der Waals surface area contributed by atoms with Crippen LogP contribution in [0.15, 0.2) is 58.2 Å². The van der Waals surface area contributed by atoms with Crippen LogP contribution in [0.5, 0.6) is 0 Å². The van der Waals surface area contributed by atoms with Crippen molar-refractivity contribution in [2.75, 3.05) is 0 Å². The largest absolute Gasteiger partial charge is 0.478 e. The maximum atomic E-state index is 10.6. The SMILES string of the molecule is CC1=C(/C(C)=C/C(C)=C\C=C\C(C)=C\C(=O)O)C(C)(C)CCC1. The molecule has 0 bridgehead atoms. The summed E-state index contributed by atoms with van der Waals surface area (Å²) in [5.74, 6) is -0.912. The second-order valence-electron chi connectivity index (χ2n) is 7.22. The van der Waals surface area contributed by atoms with Crippen LogP contribution in [-0.4, -0.2) is 11.1 Å². The molecule has 0 fully saturated rings. The lowest BCUT2D eigenvalue weighted by molar-refractivity contribution is -0.131. The lowest BCUT2D eigenvalue weighted by Crippen LogP contribution is -2.21. The molecule has 0 atom stereocenters. The Morgan fingerprint density at radius 1 is 1.13 bits per heavy atom. The van der Waals surface area contributed by atoms with Crippen molar-refractivity contribution >= 4 is 5.97 Å². The van der Waals surface area contributed by atoms with Gasteiger partial charge in [-0.15, -0.1) is 0 Å². The lowest BCUT2D eigenvalue weighted by Gasteiger charge is -2.35. The predicted molar refractivity (Wildman–Crippen MR) is 98.4 cm³/mol. The molecule has 0 spiro atoms. The molecule has 0 radical (unpaired) electrons. The van der Waals surface area contributed by atoms with E-state index in [2.05, 4.69) is 40.7 Å². The Kier molecular flexibility index (Phi) is 6.80. The molecule has 0 saturated carbocycles. The zero-order chi connectivity index (χ0) is 17.6. The summed E-state index contributed by atoms with van der Waals surface area (Å²) in [5.41, 5.74) is 6.51. The average Bonchev–Trinajstić information content (AvgIpc) is 2.35. The lowest BCUT2D eigenvalue weighted by atomic mass is 9.70. The smallest absolute Gasteiger partial charge is 0.328 e. The molecular weight excluding hydrogens is 284 g/mol. The third-order valence-electron chi connectivity index (χ3n) is 4.37. The molecule has 0 saturated heterocycles. The Bertz CT molecular complexity index is 608. The number of carboxylic acid groups (broad SMARTS) is 1. The third-order valence-corrected chi connectivity index (χ3v) is 4.37. The fourth-order valence-corrected chi connectivity index (χ4v) is 3.55. The van der Waals surface area contributed by atoms with Crippen molar-refractivity contribution in [1.29, 1.82) is 0 Å². The summed E-state index contributed by atoms with van der Waals surface area (Å²) in [7, 11) is 0. The van der Waals surface area contributed by atoms with Crippen LogP contribution < -0.4 is 0 Å². The third kappa shape index (κ3) is 6.05. The Labute approximate surface area is 141 Å². The van der Waals surface area contributed by atoms with E-state index in [1.54, 1.807) is 6.92 Å². The fraction of sp³-hybridized carbons (Fsp3) is 0.476. The first-order valence-electron chi connectivity index (χ1n) is 8.28. The quantitative estimate of drug-likeness (QED) is 0.499. The Balaban J connectivity index is 2.95. The van der Waals surface area contributed by atoms with E-state index in [0.29, 0.717) is 0 Å². The summed E-state index contributed by atoms with van der Waals surface area (Å²) < 4.78 is 0. The summed E-state index contributed by atoms with van der Waals surface area (Å²) in [5, 5.41) is 8.69. The van der Waals surface area contributed by atoms with E-state index in [-0.39, 0.29) is 5.41 Å². The summed E-state index contributed by atoms with van der Waals surface area (Å²) in [6, 6.07) is 0. The predicted octanol–water partition coefficient (Wildman–Crippen LogP) is 5.99. The molecule has 1 aliphatic rings. The first-order chi connectivity index (χ1) is 10.6. The molecule has 126 valence electrons. The summed E-state index contributed by atoms with van der Waals surface area (Å²) in [6.45, 7) is 13.0. The number of carboxylic acids is 1. The van der Waals surface area contributed by atoms with Gasteiger partial charge in [-0.25, -0.2) is 4.79 Å². The highest BCUT2D eigenvalue weighted by atomic mass is 16.4. The van der Waals surface area contributed by atoms with Crippen LogP contribution in [0.4, 0.5) is 0 Å². The number of aliphatic carboxylic acids is 1. The molecule has 1 rings (SSSR count). The number of carbonyl (C=O) groups is 1. The molecule has 0 heterocycles. The standard InChI is InChI=1S/C21H30O2/c1-15(9-7-10-16(2)14-19(22)23)13-18(4)20-17(3)11-8-12-21(20,5)6/h7,9-10,13-14H,8,11-12H2,1-6H3,(H,22,23)/b10-7+,15-9-,16-14+,18-13+. The zero-order valence-electron chi connectivity index (χ0n) is 15.4. The minimum absolute atomic E-state index is 0.250. The maximum absolute atomic E-state index is 10.6. The van der Waals surface area contributed by atoms with E-state index in [1.165, 1.54) is 47.6 Å². The van der Waals surface area contributed by atoms with Crippen molar-refractivity contribution in [1.82, 2.24) is 0 Å². The van der Waals surface area contributed by atoms with E-state index in [9.17, 15) is 4.79 Å². The van der Waals surface area contributed by atoms with Crippen LogP contribution in [-0.2, 0) is 4.79 Å². The molecule has 2 nitrogen and oxygen atoms in total. The molecule has 0 aromatic heterocycles. The van der Waals surface area contributed by atoms with Gasteiger partial charge >= 0.3 is 5.97 Å². The first kappa shape index (κ1) is 19.2. The van der Waals surface area contributed by atoms with Crippen LogP contribution in [0.3, 0.4) is 0 Å². The Morgan fingerprint density at radius 3 is 2.35 bits per heavy atom. The minimum atomic E-state index is -0.912. The Morgan fingerprint density at radius 2 is 1.78 bits per heavy atom. The molecule has 0 aromatic rings. The van der Waals surface area contributed by atoms with Crippen LogP contribution in [0.2, 0.25) is 0 Å². The zero-order valence-corrected chi connectivity index (χ0v) is 15.4. The molecule has 1 N–H and O–H groups in total. The first-order valence-corrected chi connectivity index (χ1v) is 8.28. The van der Waals surface area contributed by atoms with Crippen molar-refractivity contribution in [3.63, 3.8) is 0 Å². The fourth-order valence-electron chi connectivity index (χ4n) is 3.55. The Hall–Kier alpha value is -1.83. The van der Waals surface area contributed by atoms with Gasteiger partial charge in [-0.05, 0) is 69.1 Å². The highest BCUT2D eigenvalue weighted by Crippen LogP contribution is 2.43. The van der Waals surface area contributed by atoms with E-state index >= 15 is 0 Å². The highest BCUT2D eigenvalue weighted by Gasteiger charge is 2.28. The molecule has 23 heavy (non-hydrogen) atoms. The number of allylic oxidation sites excluding steroid dienone is 9. The average molecular weight is 314 g/mol. The molecular formula is C21H30O2. The highest BCUT2D eigenvalue weighted by molar-refractivity contribution is 5.81. The van der Waals surface area contributed by atoms with Gasteiger partial charge in [-0.2, -0.15) is 0 Å². The van der Waals surface area contributed by atoms with E-state index in [4.69, 9.17) is 5.11 Å². The van der Waals surface area contributed by atoms with Gasteiger partial charge in [-0.3, -0.25) is 0 Å². The van der Waals surface area contributed by atoms with Crippen molar-refractivity contribution in [2.45, 2.75) is 60.8 Å². The van der Waals surface area contributed by atoms with Crippen LogP contribution in [0.25, 0.3) is 0 Å². The van der Waals surface area contributed by atoms with E-state index in [1.807, 2.05) is 18.2 Å². The molecule has 0 amide bonds. The number of rotatable bonds is 5. The molecule has 2 heteroatoms. The maximum Gasteiger partial charge on any atom is 0.328 e. The van der Waals surface area contributed by atoms with Gasteiger partial charge in [0.05, 0.1) is 0 Å². The molecule has 0 aliphatic heterocycles.